The Bertz CT molecular complexity index is 1600. The highest BCUT2D eigenvalue weighted by Crippen LogP contribution is 2.73. The van der Waals surface area contributed by atoms with Crippen LogP contribution >= 0.6 is 0 Å². The number of fused-ring (bicyclic) bond motifs is 3. The summed E-state index contributed by atoms with van der Waals surface area (Å²) in [6, 6.07) is 8.00. The summed E-state index contributed by atoms with van der Waals surface area (Å²) in [5.74, 6) is -3.22. The third kappa shape index (κ3) is 4.58. The monoisotopic (exact) mass is 637 g/mol. The van der Waals surface area contributed by atoms with Crippen LogP contribution in [0.2, 0.25) is 0 Å². The van der Waals surface area contributed by atoms with Crippen LogP contribution in [0.5, 0.6) is 0 Å². The molecule has 3 unspecified atom stereocenters. The number of halogens is 2. The van der Waals surface area contributed by atoms with Gasteiger partial charge in [-0.25, -0.2) is 13.6 Å². The first-order valence-electron chi connectivity index (χ1n) is 17.1. The number of benzene rings is 1. The zero-order valence-electron chi connectivity index (χ0n) is 27.3. The fourth-order valence-corrected chi connectivity index (χ4v) is 9.05. The van der Waals surface area contributed by atoms with Crippen molar-refractivity contribution >= 4 is 34.3 Å². The van der Waals surface area contributed by atoms with E-state index in [1.807, 2.05) is 48.9 Å². The number of hydrogen-bond acceptors (Lipinski definition) is 6. The molecule has 2 aliphatic carbocycles. The number of nitrogens with one attached hydrogen (secondary N) is 1. The SMILES string of the molecule is CC(C)(C)OC(=O)N1CCC2(CC1)CCN(c1ccc3cc(C4=NN(C5CCCCO5)C5C[C@]6(C)[C@H](CC45)C6(F)F)[nH]c3c1)C2=O. The molecular formula is C35H45F2N5O4. The molecule has 5 fully saturated rings. The number of carbonyl (C=O) groups is 2. The van der Waals surface area contributed by atoms with Crippen molar-refractivity contribution < 1.29 is 27.8 Å². The van der Waals surface area contributed by atoms with Gasteiger partial charge in [-0.3, -0.25) is 9.80 Å². The average molecular weight is 638 g/mol. The van der Waals surface area contributed by atoms with Crippen molar-refractivity contribution in [2.24, 2.45) is 27.8 Å². The van der Waals surface area contributed by atoms with Crippen LogP contribution < -0.4 is 4.90 Å². The summed E-state index contributed by atoms with van der Waals surface area (Å²) < 4.78 is 41.6. The molecule has 6 aliphatic rings. The molecule has 9 nitrogen and oxygen atoms in total. The predicted octanol–water partition coefficient (Wildman–Crippen LogP) is 6.52. The van der Waals surface area contributed by atoms with Crippen LogP contribution in [-0.2, 0) is 14.3 Å². The number of aromatic amines is 1. The van der Waals surface area contributed by atoms with E-state index >= 15 is 0 Å². The van der Waals surface area contributed by atoms with Gasteiger partial charge in [0.05, 0.1) is 22.9 Å². The molecule has 8 rings (SSSR count). The smallest absolute Gasteiger partial charge is 0.410 e. The number of amides is 2. The Balaban J connectivity index is 1.02. The number of piperidine rings is 1. The Morgan fingerprint density at radius 1 is 1.11 bits per heavy atom. The van der Waals surface area contributed by atoms with E-state index in [1.165, 1.54) is 0 Å². The number of aromatic nitrogens is 1. The molecule has 1 spiro atoms. The lowest BCUT2D eigenvalue weighted by molar-refractivity contribution is -0.128. The topological polar surface area (TPSA) is 90.5 Å². The number of nitrogens with zero attached hydrogens (tertiary/aromatic N) is 4. The zero-order valence-corrected chi connectivity index (χ0v) is 27.3. The van der Waals surface area contributed by atoms with E-state index in [4.69, 9.17) is 14.6 Å². The van der Waals surface area contributed by atoms with E-state index in [1.54, 1.807) is 11.8 Å². The largest absolute Gasteiger partial charge is 0.444 e. The number of H-pyrrole nitrogens is 1. The van der Waals surface area contributed by atoms with E-state index < -0.39 is 28.3 Å². The fourth-order valence-electron chi connectivity index (χ4n) is 9.05. The maximum atomic E-state index is 15.0. The Morgan fingerprint density at radius 3 is 2.59 bits per heavy atom. The Hall–Kier alpha value is -3.21. The summed E-state index contributed by atoms with van der Waals surface area (Å²) in [7, 11) is 0. The van der Waals surface area contributed by atoms with E-state index in [9.17, 15) is 18.4 Å². The van der Waals surface area contributed by atoms with Crippen molar-refractivity contribution in [1.29, 1.82) is 0 Å². The predicted molar refractivity (Wildman–Crippen MR) is 170 cm³/mol. The molecule has 0 radical (unpaired) electrons. The highest BCUT2D eigenvalue weighted by molar-refractivity contribution is 6.06. The summed E-state index contributed by atoms with van der Waals surface area (Å²) in [6.45, 7) is 9.63. The first-order chi connectivity index (χ1) is 21.8. The van der Waals surface area contributed by atoms with Crippen molar-refractivity contribution in [1.82, 2.24) is 14.9 Å². The molecule has 5 atom stereocenters. The van der Waals surface area contributed by atoms with Gasteiger partial charge >= 0.3 is 6.09 Å². The fraction of sp³-hybridized carbons (Fsp3) is 0.686. The number of ether oxygens (including phenoxy) is 2. The molecule has 2 saturated carbocycles. The lowest BCUT2D eigenvalue weighted by atomic mass is 9.76. The second-order valence-corrected chi connectivity index (χ2v) is 15.8. The summed E-state index contributed by atoms with van der Waals surface area (Å²) >= 11 is 0. The molecule has 1 N–H and O–H groups in total. The van der Waals surface area contributed by atoms with Gasteiger partial charge in [-0.05, 0) is 90.3 Å². The Morgan fingerprint density at radius 2 is 1.87 bits per heavy atom. The van der Waals surface area contributed by atoms with Crippen LogP contribution in [0.1, 0.15) is 84.8 Å². The molecule has 248 valence electrons. The molecule has 3 saturated heterocycles. The molecule has 11 heteroatoms. The molecule has 2 aromatic rings. The number of likely N-dealkylation sites (tertiary alicyclic amines) is 1. The molecule has 46 heavy (non-hydrogen) atoms. The van der Waals surface area contributed by atoms with Crippen LogP contribution in [-0.4, -0.2) is 82.6 Å². The van der Waals surface area contributed by atoms with E-state index in [-0.39, 0.29) is 30.2 Å². The van der Waals surface area contributed by atoms with Crippen LogP contribution in [0.3, 0.4) is 0 Å². The molecule has 5 heterocycles. The van der Waals surface area contributed by atoms with Crippen molar-refractivity contribution in [3.8, 4) is 0 Å². The normalized spacial score (nSPS) is 33.3. The highest BCUT2D eigenvalue weighted by Gasteiger charge is 2.80. The zero-order chi connectivity index (χ0) is 32.2. The quantitative estimate of drug-likeness (QED) is 0.414. The summed E-state index contributed by atoms with van der Waals surface area (Å²) in [6.07, 6.45) is 5.27. The van der Waals surface area contributed by atoms with E-state index in [0.29, 0.717) is 51.9 Å². The van der Waals surface area contributed by atoms with Gasteiger partial charge in [0.15, 0.2) is 0 Å². The Labute approximate surface area is 268 Å². The Kier molecular flexibility index (Phi) is 6.65. The molecule has 4 aliphatic heterocycles. The van der Waals surface area contributed by atoms with Gasteiger partial charge in [0.2, 0.25) is 5.91 Å². The van der Waals surface area contributed by atoms with E-state index in [0.717, 1.165) is 53.7 Å². The van der Waals surface area contributed by atoms with Gasteiger partial charge in [0.25, 0.3) is 5.92 Å². The van der Waals surface area contributed by atoms with Crippen molar-refractivity contribution in [2.75, 3.05) is 31.1 Å². The molecule has 0 bridgehead atoms. The number of anilines is 1. The molecule has 1 aromatic carbocycles. The summed E-state index contributed by atoms with van der Waals surface area (Å²) in [5.41, 5.74) is 1.44. The van der Waals surface area contributed by atoms with E-state index in [2.05, 4.69) is 11.1 Å². The average Bonchev–Trinajstić information content (AvgIpc) is 3.49. The van der Waals surface area contributed by atoms with Crippen molar-refractivity contribution in [3.63, 3.8) is 0 Å². The first kappa shape index (κ1) is 30.1. The number of carbonyl (C=O) groups excluding carboxylic acids is 2. The minimum absolute atomic E-state index is 0.0870. The van der Waals surface area contributed by atoms with Crippen molar-refractivity contribution in [2.45, 2.75) is 103 Å². The number of rotatable bonds is 3. The van der Waals surface area contributed by atoms with Gasteiger partial charge < -0.3 is 24.3 Å². The number of hydrogen-bond donors (Lipinski definition) is 1. The van der Waals surface area contributed by atoms with Crippen LogP contribution in [0, 0.1) is 22.7 Å². The summed E-state index contributed by atoms with van der Waals surface area (Å²) in [4.78, 5) is 33.6. The minimum atomic E-state index is -2.64. The second kappa shape index (κ2) is 10.1. The van der Waals surface area contributed by atoms with Crippen LogP contribution in [0.15, 0.2) is 29.4 Å². The van der Waals surface area contributed by atoms with Crippen molar-refractivity contribution in [3.05, 3.63) is 30.0 Å². The lowest BCUT2D eigenvalue weighted by Gasteiger charge is -2.38. The third-order valence-electron chi connectivity index (χ3n) is 11.9. The minimum Gasteiger partial charge on any atom is -0.444 e. The molecule has 2 amide bonds. The second-order valence-electron chi connectivity index (χ2n) is 15.8. The third-order valence-corrected chi connectivity index (χ3v) is 11.9. The van der Waals surface area contributed by atoms with Crippen LogP contribution in [0.4, 0.5) is 19.3 Å². The summed E-state index contributed by atoms with van der Waals surface area (Å²) in [5, 5.41) is 8.12. The highest BCUT2D eigenvalue weighted by atomic mass is 19.3. The van der Waals surface area contributed by atoms with Crippen LogP contribution in [0.25, 0.3) is 10.9 Å². The van der Waals surface area contributed by atoms with Gasteiger partial charge in [-0.1, -0.05) is 13.0 Å². The van der Waals surface area contributed by atoms with Gasteiger partial charge in [0.1, 0.15) is 11.8 Å². The lowest BCUT2D eigenvalue weighted by Crippen LogP contribution is -2.48. The van der Waals surface area contributed by atoms with Gasteiger partial charge in [-0.15, -0.1) is 0 Å². The standard InChI is InChI=1S/C35H45F2N5O4/c1-32(2,3)46-31(44)40-13-10-34(11-14-40)12-15-41(30(34)43)22-9-8-21-17-25(38-24(21)18-22)29-23-19-27-33(4,35(27,36)37)20-26(23)42(39-29)28-7-5-6-16-45-28/h8-9,17-18,23,26-28,38H,5-7,10-16,19-20H2,1-4H3/t23?,26?,27-,28?,33+/m0/s1. The molecular weight excluding hydrogens is 592 g/mol. The molecule has 1 aromatic heterocycles. The first-order valence-corrected chi connectivity index (χ1v) is 17.1. The van der Waals surface area contributed by atoms with Gasteiger partial charge in [-0.2, -0.15) is 5.10 Å². The maximum absolute atomic E-state index is 15.0. The van der Waals surface area contributed by atoms with Gasteiger partial charge in [0, 0.05) is 60.1 Å². The maximum Gasteiger partial charge on any atom is 0.410 e. The number of alkyl halides is 2. The number of hydrazone groups is 1.